The molecule has 0 radical (unpaired) electrons. The summed E-state index contributed by atoms with van der Waals surface area (Å²) in [5.74, 6) is -3.34. The van der Waals surface area contributed by atoms with Crippen molar-refractivity contribution in [3.05, 3.63) is 65.0 Å². The number of carbonyl (C=O) groups is 3. The lowest BCUT2D eigenvalue weighted by Crippen LogP contribution is -2.30. The highest BCUT2D eigenvalue weighted by molar-refractivity contribution is 5.97. The van der Waals surface area contributed by atoms with Gasteiger partial charge in [0.05, 0.1) is 18.7 Å². The van der Waals surface area contributed by atoms with Crippen LogP contribution < -0.4 is 16.8 Å². The number of aryl methyl sites for hydroxylation is 1. The van der Waals surface area contributed by atoms with E-state index in [-0.39, 0.29) is 36.7 Å². The van der Waals surface area contributed by atoms with Crippen molar-refractivity contribution < 1.29 is 23.9 Å². The molecule has 8 nitrogen and oxygen atoms in total. The van der Waals surface area contributed by atoms with Crippen molar-refractivity contribution in [3.8, 4) is 0 Å². The van der Waals surface area contributed by atoms with Crippen LogP contribution in [0.3, 0.4) is 0 Å². The lowest BCUT2D eigenvalue weighted by Gasteiger charge is -2.16. The van der Waals surface area contributed by atoms with Crippen LogP contribution in [0.5, 0.6) is 0 Å². The number of Topliss-reactive ketones (excluding diaryl/α,β-unsaturated/α-hetero) is 1. The van der Waals surface area contributed by atoms with Gasteiger partial charge in [-0.15, -0.1) is 0 Å². The van der Waals surface area contributed by atoms with E-state index in [1.807, 2.05) is 0 Å². The van der Waals surface area contributed by atoms with Crippen molar-refractivity contribution in [3.63, 3.8) is 0 Å². The zero-order chi connectivity index (χ0) is 22.3. The molecule has 2 aromatic carbocycles. The Morgan fingerprint density at radius 1 is 1.13 bits per heavy atom. The number of benzene rings is 2. The molecule has 0 spiro atoms. The monoisotopic (exact) mass is 414 g/mol. The largest absolute Gasteiger partial charge is 0.481 e. The van der Waals surface area contributed by atoms with Gasteiger partial charge >= 0.3 is 5.97 Å². The van der Waals surface area contributed by atoms with Gasteiger partial charge in [0, 0.05) is 17.9 Å². The summed E-state index contributed by atoms with van der Waals surface area (Å²) in [4.78, 5) is 39.7. The highest BCUT2D eigenvalue weighted by Gasteiger charge is 2.21. The fourth-order valence-electron chi connectivity index (χ4n) is 3.01. The van der Waals surface area contributed by atoms with Crippen molar-refractivity contribution in [2.24, 2.45) is 16.5 Å². The van der Waals surface area contributed by atoms with Crippen molar-refractivity contribution in [1.82, 2.24) is 5.32 Å². The average Bonchev–Trinajstić information content (AvgIpc) is 2.64. The van der Waals surface area contributed by atoms with E-state index in [4.69, 9.17) is 16.6 Å². The van der Waals surface area contributed by atoms with Crippen LogP contribution in [0.4, 0.5) is 10.1 Å². The zero-order valence-electron chi connectivity index (χ0n) is 16.4. The Balaban J connectivity index is 2.04. The lowest BCUT2D eigenvalue weighted by molar-refractivity contribution is -0.137. The van der Waals surface area contributed by atoms with E-state index in [1.165, 1.54) is 24.3 Å². The second-order valence-corrected chi connectivity index (χ2v) is 6.87. The Labute approximate surface area is 172 Å². The topological polar surface area (TPSA) is 148 Å². The summed E-state index contributed by atoms with van der Waals surface area (Å²) >= 11 is 0. The molecule has 9 heteroatoms. The van der Waals surface area contributed by atoms with Gasteiger partial charge in [0.1, 0.15) is 5.82 Å². The normalized spacial score (nSPS) is 11.4. The summed E-state index contributed by atoms with van der Waals surface area (Å²) in [7, 11) is 0. The molecule has 1 atom stereocenters. The molecule has 2 aromatic rings. The fraction of sp³-hybridized carbons (Fsp3) is 0.238. The first-order valence-electron chi connectivity index (χ1n) is 9.12. The van der Waals surface area contributed by atoms with Crippen LogP contribution >= 0.6 is 0 Å². The van der Waals surface area contributed by atoms with Crippen LogP contribution in [0.25, 0.3) is 0 Å². The Kier molecular flexibility index (Phi) is 7.62. The molecule has 0 aliphatic carbocycles. The maximum Gasteiger partial charge on any atom is 0.303 e. The SMILES string of the molecule is Cc1cc(F)cc(C(CC(=O)O)CC(=O)CNC(=O)c2cccc(N=C(N)N)c2)c1. The van der Waals surface area contributed by atoms with Crippen LogP contribution in [0, 0.1) is 12.7 Å². The minimum Gasteiger partial charge on any atom is -0.481 e. The molecule has 6 N–H and O–H groups in total. The van der Waals surface area contributed by atoms with Gasteiger partial charge in [-0.25, -0.2) is 9.38 Å². The van der Waals surface area contributed by atoms with E-state index in [9.17, 15) is 18.8 Å². The number of rotatable bonds is 9. The summed E-state index contributed by atoms with van der Waals surface area (Å²) in [6.07, 6.45) is -0.480. The highest BCUT2D eigenvalue weighted by atomic mass is 19.1. The van der Waals surface area contributed by atoms with Gasteiger partial charge in [0.2, 0.25) is 0 Å². The number of hydrogen-bond acceptors (Lipinski definition) is 4. The molecule has 1 unspecified atom stereocenters. The molecule has 0 fully saturated rings. The average molecular weight is 414 g/mol. The Morgan fingerprint density at radius 2 is 1.87 bits per heavy atom. The van der Waals surface area contributed by atoms with E-state index in [0.717, 1.165) is 0 Å². The number of ketones is 1. The van der Waals surface area contributed by atoms with Gasteiger partial charge in [-0.3, -0.25) is 14.4 Å². The second kappa shape index (κ2) is 10.1. The summed E-state index contributed by atoms with van der Waals surface area (Å²) in [5.41, 5.74) is 12.3. The minimum absolute atomic E-state index is 0.149. The van der Waals surface area contributed by atoms with Crippen molar-refractivity contribution in [2.45, 2.75) is 25.7 Å². The molecule has 30 heavy (non-hydrogen) atoms. The van der Waals surface area contributed by atoms with Gasteiger partial charge < -0.3 is 21.9 Å². The van der Waals surface area contributed by atoms with E-state index in [1.54, 1.807) is 25.1 Å². The maximum absolute atomic E-state index is 13.7. The molecule has 0 aliphatic heterocycles. The molecule has 158 valence electrons. The molecule has 2 rings (SSSR count). The first-order chi connectivity index (χ1) is 14.1. The predicted molar refractivity (Wildman–Crippen MR) is 110 cm³/mol. The van der Waals surface area contributed by atoms with Gasteiger partial charge in [-0.05, 0) is 48.4 Å². The number of carboxylic acid groups (broad SMARTS) is 1. The van der Waals surface area contributed by atoms with Crippen LogP contribution in [0.15, 0.2) is 47.5 Å². The highest BCUT2D eigenvalue weighted by Crippen LogP contribution is 2.26. The number of guanidine groups is 1. The van der Waals surface area contributed by atoms with Gasteiger partial charge in [-0.2, -0.15) is 0 Å². The molecular formula is C21H23FN4O4. The van der Waals surface area contributed by atoms with Gasteiger partial charge in [0.15, 0.2) is 11.7 Å². The van der Waals surface area contributed by atoms with Gasteiger partial charge in [-0.1, -0.05) is 12.1 Å². The van der Waals surface area contributed by atoms with E-state index >= 15 is 0 Å². The number of carbonyl (C=O) groups excluding carboxylic acids is 2. The standard InChI is InChI=1S/C21H23FN4O4/c1-12-5-14(7-16(22)6-12)15(10-19(28)29)9-18(27)11-25-20(30)13-3-2-4-17(8-13)26-21(23)24/h2-8,15H,9-11H2,1H3,(H,25,30)(H,28,29)(H4,23,24,26). The molecular weight excluding hydrogens is 391 g/mol. The second-order valence-electron chi connectivity index (χ2n) is 6.87. The molecule has 0 bridgehead atoms. The number of amides is 1. The molecule has 0 aromatic heterocycles. The van der Waals surface area contributed by atoms with Gasteiger partial charge in [0.25, 0.3) is 5.91 Å². The third-order valence-electron chi connectivity index (χ3n) is 4.24. The van der Waals surface area contributed by atoms with Crippen LogP contribution in [-0.4, -0.2) is 35.3 Å². The first-order valence-corrected chi connectivity index (χ1v) is 9.12. The number of aliphatic imine (C=N–C) groups is 1. The van der Waals surface area contributed by atoms with Crippen molar-refractivity contribution in [1.29, 1.82) is 0 Å². The van der Waals surface area contributed by atoms with Crippen LogP contribution in [0.1, 0.15) is 40.2 Å². The number of nitrogens with one attached hydrogen (secondary N) is 1. The van der Waals surface area contributed by atoms with E-state index < -0.39 is 23.6 Å². The molecule has 0 aliphatic rings. The number of halogens is 1. The quantitative estimate of drug-likeness (QED) is 0.364. The Hall–Kier alpha value is -3.75. The van der Waals surface area contributed by atoms with Crippen LogP contribution in [0.2, 0.25) is 0 Å². The summed E-state index contributed by atoms with van der Waals surface area (Å²) in [5, 5.41) is 11.6. The number of hydrogen-bond donors (Lipinski definition) is 4. The molecule has 0 heterocycles. The number of carboxylic acids is 1. The fourth-order valence-corrected chi connectivity index (χ4v) is 3.01. The van der Waals surface area contributed by atoms with Crippen LogP contribution in [-0.2, 0) is 9.59 Å². The summed E-state index contributed by atoms with van der Waals surface area (Å²) < 4.78 is 13.7. The molecule has 0 saturated heterocycles. The summed E-state index contributed by atoms with van der Waals surface area (Å²) in [6.45, 7) is 1.39. The first kappa shape index (κ1) is 22.5. The Morgan fingerprint density at radius 3 is 2.50 bits per heavy atom. The number of nitrogens with zero attached hydrogens (tertiary/aromatic N) is 1. The van der Waals surface area contributed by atoms with Crippen molar-refractivity contribution in [2.75, 3.05) is 6.54 Å². The third kappa shape index (κ3) is 7.01. The van der Waals surface area contributed by atoms with Crippen molar-refractivity contribution >= 4 is 29.3 Å². The van der Waals surface area contributed by atoms with E-state index in [0.29, 0.717) is 16.8 Å². The van der Waals surface area contributed by atoms with E-state index in [2.05, 4.69) is 10.3 Å². The minimum atomic E-state index is -1.10. The lowest BCUT2D eigenvalue weighted by atomic mass is 9.89. The zero-order valence-corrected chi connectivity index (χ0v) is 16.4. The summed E-state index contributed by atoms with van der Waals surface area (Å²) in [6, 6.07) is 10.4. The molecule has 0 saturated carbocycles. The number of nitrogens with two attached hydrogens (primary N) is 2. The number of aliphatic carboxylic acids is 1. The Bertz CT molecular complexity index is 966. The third-order valence-corrected chi connectivity index (χ3v) is 4.24. The molecule has 1 amide bonds. The smallest absolute Gasteiger partial charge is 0.303 e. The predicted octanol–water partition coefficient (Wildman–Crippen LogP) is 1.99. The maximum atomic E-state index is 13.7.